The second kappa shape index (κ2) is 4.60. The Balaban J connectivity index is 2.65. The topological polar surface area (TPSA) is 0 Å². The minimum absolute atomic E-state index is 1.14. The molecular weight excluding hydrogens is 195 g/mol. The van der Waals surface area contributed by atoms with Crippen LogP contribution in [-0.2, 0) is 0 Å². The third-order valence-electron chi connectivity index (χ3n) is 1.23. The molecule has 1 aromatic rings. The van der Waals surface area contributed by atoms with Gasteiger partial charge in [-0.3, -0.25) is 0 Å². The van der Waals surface area contributed by atoms with Gasteiger partial charge in [-0.15, -0.1) is 22.2 Å². The zero-order chi connectivity index (χ0) is 8.10. The van der Waals surface area contributed by atoms with Crippen molar-refractivity contribution >= 4 is 35.7 Å². The Morgan fingerprint density at radius 1 is 1.09 bits per heavy atom. The van der Waals surface area contributed by atoms with E-state index in [0.717, 1.165) is 5.56 Å². The van der Waals surface area contributed by atoms with Crippen molar-refractivity contribution < 1.29 is 0 Å². The fourth-order valence-electron chi connectivity index (χ4n) is 0.748. The van der Waals surface area contributed by atoms with E-state index in [1.165, 1.54) is 0 Å². The average Bonchev–Trinajstić information content (AvgIpc) is 2.03. The lowest BCUT2D eigenvalue weighted by molar-refractivity contribution is 1.66. The summed E-state index contributed by atoms with van der Waals surface area (Å²) in [6, 6.07) is 9.98. The van der Waals surface area contributed by atoms with Crippen molar-refractivity contribution in [3.05, 3.63) is 41.6 Å². The summed E-state index contributed by atoms with van der Waals surface area (Å²) in [7, 11) is -1.58. The van der Waals surface area contributed by atoms with Crippen molar-refractivity contribution in [2.45, 2.75) is 0 Å². The van der Waals surface area contributed by atoms with E-state index in [1.54, 1.807) is 0 Å². The van der Waals surface area contributed by atoms with Crippen LogP contribution >= 0.6 is 22.2 Å². The molecule has 0 saturated heterocycles. The first-order valence-corrected chi connectivity index (χ1v) is 7.46. The maximum atomic E-state index is 5.65. The summed E-state index contributed by atoms with van der Waals surface area (Å²) in [6.45, 7) is 0. The van der Waals surface area contributed by atoms with E-state index >= 15 is 0 Å². The molecule has 0 unspecified atom stereocenters. The van der Waals surface area contributed by atoms with E-state index in [2.05, 4.69) is 0 Å². The Bertz CT molecular complexity index is 231. The van der Waals surface area contributed by atoms with E-state index < -0.39 is 7.42 Å². The zero-order valence-electron chi connectivity index (χ0n) is 5.87. The molecule has 11 heavy (non-hydrogen) atoms. The van der Waals surface area contributed by atoms with Crippen LogP contribution in [0.5, 0.6) is 0 Å². The molecule has 0 nitrogen and oxygen atoms in total. The van der Waals surface area contributed by atoms with Gasteiger partial charge < -0.3 is 0 Å². The highest BCUT2D eigenvalue weighted by Crippen LogP contribution is 2.04. The standard InChI is InChI=1S/C8H8Cl2Si/c9-11(10)7-6-8-4-2-1-3-5-8/h1-7,11H. The molecule has 0 aliphatic rings. The SMILES string of the molecule is Cl[SiH](Cl)C=Cc1ccccc1. The van der Waals surface area contributed by atoms with E-state index in [4.69, 9.17) is 22.2 Å². The van der Waals surface area contributed by atoms with Gasteiger partial charge in [0.2, 0.25) is 0 Å². The summed E-state index contributed by atoms with van der Waals surface area (Å²) in [5, 5.41) is 0. The van der Waals surface area contributed by atoms with Crippen molar-refractivity contribution in [3.63, 3.8) is 0 Å². The summed E-state index contributed by atoms with van der Waals surface area (Å²) in [5.74, 6) is 0. The van der Waals surface area contributed by atoms with Crippen LogP contribution < -0.4 is 0 Å². The molecular formula is C8H8Cl2Si. The number of halogens is 2. The Kier molecular flexibility index (Phi) is 3.70. The first-order chi connectivity index (χ1) is 5.29. The van der Waals surface area contributed by atoms with Gasteiger partial charge >= 0.3 is 0 Å². The highest BCUT2D eigenvalue weighted by atomic mass is 35.7. The molecule has 1 rings (SSSR count). The summed E-state index contributed by atoms with van der Waals surface area (Å²) >= 11 is 11.3. The van der Waals surface area contributed by atoms with Crippen molar-refractivity contribution in [2.24, 2.45) is 0 Å². The van der Waals surface area contributed by atoms with Crippen LogP contribution in [0.1, 0.15) is 5.56 Å². The quantitative estimate of drug-likeness (QED) is 0.512. The molecule has 0 amide bonds. The lowest BCUT2D eigenvalue weighted by Crippen LogP contribution is -1.82. The molecule has 0 N–H and O–H groups in total. The third-order valence-corrected chi connectivity index (χ3v) is 2.59. The Hall–Kier alpha value is -0.243. The summed E-state index contributed by atoms with van der Waals surface area (Å²) in [5.41, 5.74) is 3.02. The van der Waals surface area contributed by atoms with Gasteiger partial charge in [-0.05, 0) is 5.56 Å². The fraction of sp³-hybridized carbons (Fsp3) is 0. The molecule has 0 spiro atoms. The van der Waals surface area contributed by atoms with E-state index in [0.29, 0.717) is 0 Å². The van der Waals surface area contributed by atoms with Gasteiger partial charge in [-0.2, -0.15) is 0 Å². The summed E-state index contributed by atoms with van der Waals surface area (Å²) in [6.07, 6.45) is 1.96. The maximum absolute atomic E-state index is 5.65. The van der Waals surface area contributed by atoms with E-state index in [-0.39, 0.29) is 0 Å². The second-order valence-electron chi connectivity index (χ2n) is 2.10. The molecule has 0 fully saturated rings. The predicted molar refractivity (Wildman–Crippen MR) is 54.3 cm³/mol. The molecule has 3 heteroatoms. The highest BCUT2D eigenvalue weighted by molar-refractivity contribution is 7.36. The minimum Gasteiger partial charge on any atom is -0.145 e. The van der Waals surface area contributed by atoms with Gasteiger partial charge in [-0.1, -0.05) is 42.1 Å². The van der Waals surface area contributed by atoms with Gasteiger partial charge in [0.15, 0.2) is 0 Å². The largest absolute Gasteiger partial charge is 0.259 e. The van der Waals surface area contributed by atoms with Gasteiger partial charge in [0.05, 0.1) is 0 Å². The monoisotopic (exact) mass is 202 g/mol. The summed E-state index contributed by atoms with van der Waals surface area (Å²) < 4.78 is 0. The van der Waals surface area contributed by atoms with Crippen LogP contribution in [0.4, 0.5) is 0 Å². The van der Waals surface area contributed by atoms with Crippen LogP contribution in [0, 0.1) is 0 Å². The number of hydrogen-bond acceptors (Lipinski definition) is 0. The Morgan fingerprint density at radius 2 is 1.73 bits per heavy atom. The molecule has 0 bridgehead atoms. The highest BCUT2D eigenvalue weighted by Gasteiger charge is 1.92. The molecule has 0 radical (unpaired) electrons. The number of benzene rings is 1. The van der Waals surface area contributed by atoms with Crippen molar-refractivity contribution in [2.75, 3.05) is 0 Å². The van der Waals surface area contributed by atoms with Crippen LogP contribution in [0.15, 0.2) is 36.0 Å². The first kappa shape index (κ1) is 8.85. The van der Waals surface area contributed by atoms with Crippen LogP contribution in [0.2, 0.25) is 0 Å². The van der Waals surface area contributed by atoms with Gasteiger partial charge in [-0.25, -0.2) is 0 Å². The van der Waals surface area contributed by atoms with Crippen LogP contribution in [0.3, 0.4) is 0 Å². The smallest absolute Gasteiger partial charge is 0.145 e. The van der Waals surface area contributed by atoms with E-state index in [9.17, 15) is 0 Å². The van der Waals surface area contributed by atoms with Crippen LogP contribution in [0.25, 0.3) is 6.08 Å². The molecule has 0 saturated carbocycles. The summed E-state index contributed by atoms with van der Waals surface area (Å²) in [4.78, 5) is 0. The lowest BCUT2D eigenvalue weighted by atomic mass is 10.2. The maximum Gasteiger partial charge on any atom is 0.259 e. The van der Waals surface area contributed by atoms with Gasteiger partial charge in [0.1, 0.15) is 0 Å². The molecule has 0 aromatic heterocycles. The minimum atomic E-state index is -1.58. The fourth-order valence-corrected chi connectivity index (χ4v) is 1.55. The predicted octanol–water partition coefficient (Wildman–Crippen LogP) is 2.94. The second-order valence-corrected chi connectivity index (χ2v) is 6.65. The molecule has 0 atom stereocenters. The molecule has 0 heterocycles. The molecule has 58 valence electrons. The molecule has 1 aromatic carbocycles. The van der Waals surface area contributed by atoms with Crippen molar-refractivity contribution in [3.8, 4) is 0 Å². The lowest BCUT2D eigenvalue weighted by Gasteiger charge is -1.90. The normalized spacial score (nSPS) is 11.2. The Labute approximate surface area is 77.5 Å². The van der Waals surface area contributed by atoms with Crippen LogP contribution in [-0.4, -0.2) is 7.42 Å². The number of hydrogen-bond donors (Lipinski definition) is 0. The van der Waals surface area contributed by atoms with Crippen molar-refractivity contribution in [1.82, 2.24) is 0 Å². The Morgan fingerprint density at radius 3 is 2.27 bits per heavy atom. The third kappa shape index (κ3) is 3.61. The average molecular weight is 203 g/mol. The van der Waals surface area contributed by atoms with E-state index in [1.807, 2.05) is 42.1 Å². The van der Waals surface area contributed by atoms with Gasteiger partial charge in [0.25, 0.3) is 7.42 Å². The first-order valence-electron chi connectivity index (χ1n) is 3.30. The zero-order valence-corrected chi connectivity index (χ0v) is 8.54. The molecule has 0 aliphatic heterocycles. The van der Waals surface area contributed by atoms with Gasteiger partial charge in [0, 0.05) is 0 Å². The number of rotatable bonds is 2. The molecule has 0 aliphatic carbocycles. The van der Waals surface area contributed by atoms with Crippen molar-refractivity contribution in [1.29, 1.82) is 0 Å².